The fourth-order valence-electron chi connectivity index (χ4n) is 1.49. The molecule has 14 heavy (non-hydrogen) atoms. The van der Waals surface area contributed by atoms with Gasteiger partial charge in [0, 0.05) is 25.7 Å². The second-order valence-corrected chi connectivity index (χ2v) is 4.82. The minimum atomic E-state index is 0.303. The lowest BCUT2D eigenvalue weighted by Crippen LogP contribution is -2.31. The van der Waals surface area contributed by atoms with Crippen LogP contribution in [0.5, 0.6) is 0 Å². The van der Waals surface area contributed by atoms with E-state index in [0.717, 1.165) is 38.4 Å². The molecule has 1 heterocycles. The molecule has 3 heteroatoms. The molecule has 0 aromatic carbocycles. The summed E-state index contributed by atoms with van der Waals surface area (Å²) in [6.45, 7) is 9.00. The zero-order valence-corrected chi connectivity index (χ0v) is 9.55. The van der Waals surface area contributed by atoms with Crippen LogP contribution < -0.4 is 5.73 Å². The molecule has 0 amide bonds. The predicted octanol–water partition coefficient (Wildman–Crippen LogP) is 1.82. The van der Waals surface area contributed by atoms with Gasteiger partial charge in [-0.15, -0.1) is 0 Å². The second-order valence-electron chi connectivity index (χ2n) is 4.82. The van der Waals surface area contributed by atoms with Crippen LogP contribution in [-0.2, 0) is 4.74 Å². The van der Waals surface area contributed by atoms with Crippen LogP contribution in [0.1, 0.15) is 33.6 Å². The minimum absolute atomic E-state index is 0.303. The highest BCUT2D eigenvalue weighted by Gasteiger charge is 2.26. The highest BCUT2D eigenvalue weighted by atomic mass is 16.5. The molecule has 1 saturated heterocycles. The fraction of sp³-hybridized carbons (Fsp3) is 0.909. The number of ether oxygens (including phenoxy) is 1. The lowest BCUT2D eigenvalue weighted by Gasteiger charge is -2.32. The summed E-state index contributed by atoms with van der Waals surface area (Å²) in [5, 5.41) is 0. The molecule has 0 aromatic heterocycles. The molecule has 0 bridgehead atoms. The molecule has 1 aliphatic rings. The van der Waals surface area contributed by atoms with Crippen molar-refractivity contribution in [1.29, 1.82) is 0 Å². The summed E-state index contributed by atoms with van der Waals surface area (Å²) in [6.07, 6.45) is 2.20. The van der Waals surface area contributed by atoms with E-state index < -0.39 is 0 Å². The van der Waals surface area contributed by atoms with E-state index in [1.807, 2.05) is 0 Å². The maximum Gasteiger partial charge on any atom is 0.0963 e. The van der Waals surface area contributed by atoms with Crippen molar-refractivity contribution < 1.29 is 4.74 Å². The van der Waals surface area contributed by atoms with Gasteiger partial charge in [0.15, 0.2) is 0 Å². The molecule has 0 spiro atoms. The van der Waals surface area contributed by atoms with Crippen molar-refractivity contribution in [1.82, 2.24) is 0 Å². The van der Waals surface area contributed by atoms with Crippen molar-refractivity contribution in [3.8, 4) is 0 Å². The normalized spacial score (nSPS) is 22.7. The number of hydrogen-bond donors (Lipinski definition) is 1. The Hall–Kier alpha value is -0.570. The van der Waals surface area contributed by atoms with Gasteiger partial charge in [0.25, 0.3) is 0 Å². The Morgan fingerprint density at radius 3 is 2.50 bits per heavy atom. The van der Waals surface area contributed by atoms with E-state index in [1.54, 1.807) is 0 Å². The first-order valence-corrected chi connectivity index (χ1v) is 5.41. The van der Waals surface area contributed by atoms with Gasteiger partial charge in [-0.25, -0.2) is 0 Å². The van der Waals surface area contributed by atoms with E-state index in [2.05, 4.69) is 25.8 Å². The average Bonchev–Trinajstić information content (AvgIpc) is 2.15. The number of hydrogen-bond acceptors (Lipinski definition) is 2. The molecule has 2 N–H and O–H groups in total. The summed E-state index contributed by atoms with van der Waals surface area (Å²) >= 11 is 0. The number of rotatable bonds is 3. The van der Waals surface area contributed by atoms with Crippen LogP contribution in [0.2, 0.25) is 0 Å². The Morgan fingerprint density at radius 2 is 2.00 bits per heavy atom. The molecule has 0 radical (unpaired) electrons. The van der Waals surface area contributed by atoms with E-state index >= 15 is 0 Å². The molecular formula is C11H22N2O. The van der Waals surface area contributed by atoms with E-state index in [4.69, 9.17) is 10.5 Å². The molecule has 0 aliphatic carbocycles. The lowest BCUT2D eigenvalue weighted by molar-refractivity contribution is 0.0283. The van der Waals surface area contributed by atoms with Gasteiger partial charge in [0.1, 0.15) is 0 Å². The summed E-state index contributed by atoms with van der Waals surface area (Å²) in [6, 6.07) is 0. The average molecular weight is 198 g/mol. The quantitative estimate of drug-likeness (QED) is 0.555. The molecule has 1 aliphatic heterocycles. The van der Waals surface area contributed by atoms with Gasteiger partial charge in [0.05, 0.1) is 5.84 Å². The van der Waals surface area contributed by atoms with E-state index in [0.29, 0.717) is 11.3 Å². The third kappa shape index (κ3) is 3.29. The van der Waals surface area contributed by atoms with Gasteiger partial charge in [-0.2, -0.15) is 0 Å². The van der Waals surface area contributed by atoms with Crippen LogP contribution in [0.4, 0.5) is 0 Å². The van der Waals surface area contributed by atoms with Gasteiger partial charge >= 0.3 is 0 Å². The maximum atomic E-state index is 5.81. The van der Waals surface area contributed by atoms with E-state index in [9.17, 15) is 0 Å². The van der Waals surface area contributed by atoms with Crippen molar-refractivity contribution in [2.75, 3.05) is 19.8 Å². The Bertz CT molecular complexity index is 205. The largest absolute Gasteiger partial charge is 0.387 e. The molecule has 0 aromatic rings. The Balaban J connectivity index is 2.46. The second kappa shape index (κ2) is 4.78. The fourth-order valence-corrected chi connectivity index (χ4v) is 1.49. The summed E-state index contributed by atoms with van der Waals surface area (Å²) in [5.74, 6) is 1.14. The molecule has 3 nitrogen and oxygen atoms in total. The van der Waals surface area contributed by atoms with Crippen LogP contribution in [0.15, 0.2) is 4.99 Å². The monoisotopic (exact) mass is 198 g/mol. The van der Waals surface area contributed by atoms with Gasteiger partial charge < -0.3 is 10.5 Å². The zero-order chi connectivity index (χ0) is 10.6. The molecule has 1 rings (SSSR count). The third-order valence-electron chi connectivity index (χ3n) is 2.93. The first-order chi connectivity index (χ1) is 6.53. The van der Waals surface area contributed by atoms with Gasteiger partial charge in [-0.1, -0.05) is 20.8 Å². The number of nitrogens with zero attached hydrogens (tertiary/aromatic N) is 1. The third-order valence-corrected chi connectivity index (χ3v) is 2.93. The SMILES string of the molecule is CC(C)C(N)=NCC1(C)CCOCC1. The van der Waals surface area contributed by atoms with Crippen LogP contribution in [0.3, 0.4) is 0 Å². The van der Waals surface area contributed by atoms with Crippen molar-refractivity contribution in [2.45, 2.75) is 33.6 Å². The van der Waals surface area contributed by atoms with Gasteiger partial charge in [-0.3, -0.25) is 4.99 Å². The van der Waals surface area contributed by atoms with Gasteiger partial charge in [-0.05, 0) is 18.3 Å². The lowest BCUT2D eigenvalue weighted by atomic mass is 9.82. The highest BCUT2D eigenvalue weighted by Crippen LogP contribution is 2.29. The number of amidine groups is 1. The summed E-state index contributed by atoms with van der Waals surface area (Å²) in [5.41, 5.74) is 6.11. The van der Waals surface area contributed by atoms with Crippen molar-refractivity contribution in [3.05, 3.63) is 0 Å². The molecule has 0 unspecified atom stereocenters. The summed E-state index contributed by atoms with van der Waals surface area (Å²) in [4.78, 5) is 4.46. The zero-order valence-electron chi connectivity index (χ0n) is 9.55. The summed E-state index contributed by atoms with van der Waals surface area (Å²) in [7, 11) is 0. The van der Waals surface area contributed by atoms with Crippen LogP contribution >= 0.6 is 0 Å². The molecule has 1 fully saturated rings. The van der Waals surface area contributed by atoms with E-state index in [-0.39, 0.29) is 0 Å². The topological polar surface area (TPSA) is 47.6 Å². The maximum absolute atomic E-state index is 5.81. The molecular weight excluding hydrogens is 176 g/mol. The Kier molecular flexibility index (Phi) is 3.93. The van der Waals surface area contributed by atoms with Gasteiger partial charge in [0.2, 0.25) is 0 Å². The van der Waals surface area contributed by atoms with Crippen LogP contribution in [0.25, 0.3) is 0 Å². The standard InChI is InChI=1S/C11H22N2O/c1-9(2)10(12)13-8-11(3)4-6-14-7-5-11/h9H,4-8H2,1-3H3,(H2,12,13). The first-order valence-electron chi connectivity index (χ1n) is 5.41. The van der Waals surface area contributed by atoms with E-state index in [1.165, 1.54) is 0 Å². The minimum Gasteiger partial charge on any atom is -0.387 e. The Morgan fingerprint density at radius 1 is 1.43 bits per heavy atom. The van der Waals surface area contributed by atoms with Crippen molar-refractivity contribution in [3.63, 3.8) is 0 Å². The Labute approximate surface area is 86.7 Å². The number of aliphatic imine (C=N–C) groups is 1. The highest BCUT2D eigenvalue weighted by molar-refractivity contribution is 5.82. The molecule has 0 atom stereocenters. The van der Waals surface area contributed by atoms with Crippen molar-refractivity contribution in [2.24, 2.45) is 22.1 Å². The van der Waals surface area contributed by atoms with Crippen LogP contribution in [-0.4, -0.2) is 25.6 Å². The number of nitrogens with two attached hydrogens (primary N) is 1. The van der Waals surface area contributed by atoms with Crippen LogP contribution in [0, 0.1) is 11.3 Å². The first kappa shape index (κ1) is 11.5. The summed E-state index contributed by atoms with van der Waals surface area (Å²) < 4.78 is 5.34. The molecule has 0 saturated carbocycles. The smallest absolute Gasteiger partial charge is 0.0963 e. The van der Waals surface area contributed by atoms with Crippen molar-refractivity contribution >= 4 is 5.84 Å². The predicted molar refractivity (Wildman–Crippen MR) is 59.5 cm³/mol. The molecule has 82 valence electrons.